The number of carbonyl (C=O) groups excluding carboxylic acids is 1. The summed E-state index contributed by atoms with van der Waals surface area (Å²) in [6.07, 6.45) is 0.881. The van der Waals surface area contributed by atoms with E-state index in [1.54, 1.807) is 0 Å². The summed E-state index contributed by atoms with van der Waals surface area (Å²) in [5.41, 5.74) is 6.66. The van der Waals surface area contributed by atoms with Crippen LogP contribution < -0.4 is 5.73 Å². The van der Waals surface area contributed by atoms with Crippen molar-refractivity contribution in [1.82, 2.24) is 4.90 Å². The maximum Gasteiger partial charge on any atom is 0.327 e. The first-order valence-corrected chi connectivity index (χ1v) is 7.86. The van der Waals surface area contributed by atoms with Gasteiger partial charge in [0.25, 0.3) is 0 Å². The average Bonchev–Trinajstić information content (AvgIpc) is 2.96. The molecule has 1 aliphatic rings. The summed E-state index contributed by atoms with van der Waals surface area (Å²) in [6.45, 7) is 9.77. The molecule has 0 spiro atoms. The Labute approximate surface area is 129 Å². The molecule has 1 saturated heterocycles. The highest BCUT2D eigenvalue weighted by molar-refractivity contribution is 5.77. The van der Waals surface area contributed by atoms with Crippen LogP contribution in [0.3, 0.4) is 0 Å². The number of esters is 1. The van der Waals surface area contributed by atoms with Gasteiger partial charge in [-0.25, -0.2) is 4.79 Å². The molecule has 0 bridgehead atoms. The fourth-order valence-electron chi connectivity index (χ4n) is 2.02. The van der Waals surface area contributed by atoms with Gasteiger partial charge < -0.3 is 15.4 Å². The lowest BCUT2D eigenvalue weighted by Crippen LogP contribution is -2.29. The van der Waals surface area contributed by atoms with Crippen molar-refractivity contribution >= 4 is 5.97 Å². The van der Waals surface area contributed by atoms with E-state index in [9.17, 15) is 4.79 Å². The van der Waals surface area contributed by atoms with E-state index in [1.807, 2.05) is 65.1 Å². The first kappa shape index (κ1) is 19.6. The third-order valence-corrected chi connectivity index (χ3v) is 3.04. The van der Waals surface area contributed by atoms with Crippen LogP contribution in [0, 0.1) is 0 Å². The first-order chi connectivity index (χ1) is 10.2. The molecule has 1 aliphatic heterocycles. The molecule has 21 heavy (non-hydrogen) atoms. The van der Waals surface area contributed by atoms with Gasteiger partial charge in [0.15, 0.2) is 0 Å². The van der Waals surface area contributed by atoms with Crippen LogP contribution in [0.1, 0.15) is 45.7 Å². The number of rotatable bonds is 3. The second-order valence-corrected chi connectivity index (χ2v) is 4.50. The number of benzene rings is 1. The Balaban J connectivity index is 0.000000921. The zero-order chi connectivity index (χ0) is 16.3. The molecule has 1 aromatic rings. The lowest BCUT2D eigenvalue weighted by Gasteiger charge is -2.16. The van der Waals surface area contributed by atoms with Gasteiger partial charge in [0, 0.05) is 13.1 Å². The molecular weight excluding hydrogens is 264 g/mol. The average molecular weight is 294 g/mol. The smallest absolute Gasteiger partial charge is 0.327 e. The van der Waals surface area contributed by atoms with E-state index in [0.717, 1.165) is 25.1 Å². The minimum Gasteiger partial charge on any atom is -0.460 e. The molecule has 2 unspecified atom stereocenters. The molecule has 2 rings (SSSR count). The third-order valence-electron chi connectivity index (χ3n) is 3.04. The largest absolute Gasteiger partial charge is 0.460 e. The van der Waals surface area contributed by atoms with Crippen molar-refractivity contribution in [1.29, 1.82) is 0 Å². The number of nitrogens with two attached hydrogens (primary N) is 1. The SMILES string of the molecule is CC.CC.CN1CCC(OC(=O)C(N)c2ccccc2)C1. The van der Waals surface area contributed by atoms with Crippen molar-refractivity contribution in [3.8, 4) is 0 Å². The fraction of sp³-hybridized carbons (Fsp3) is 0.588. The summed E-state index contributed by atoms with van der Waals surface area (Å²) in [7, 11) is 2.02. The van der Waals surface area contributed by atoms with Gasteiger partial charge in [-0.3, -0.25) is 0 Å². The summed E-state index contributed by atoms with van der Waals surface area (Å²) in [5, 5.41) is 0. The van der Waals surface area contributed by atoms with Crippen LogP contribution in [-0.4, -0.2) is 37.1 Å². The summed E-state index contributed by atoms with van der Waals surface area (Å²) >= 11 is 0. The normalized spacial score (nSPS) is 18.7. The maximum atomic E-state index is 11.8. The number of hydrogen-bond acceptors (Lipinski definition) is 4. The van der Waals surface area contributed by atoms with Crippen molar-refractivity contribution in [3.05, 3.63) is 35.9 Å². The summed E-state index contributed by atoms with van der Waals surface area (Å²) in [4.78, 5) is 14.0. The van der Waals surface area contributed by atoms with Gasteiger partial charge in [-0.2, -0.15) is 0 Å². The van der Waals surface area contributed by atoms with Gasteiger partial charge in [0.05, 0.1) is 0 Å². The predicted octanol–water partition coefficient (Wildman–Crippen LogP) is 2.99. The highest BCUT2D eigenvalue weighted by Gasteiger charge is 2.26. The number of ether oxygens (including phenoxy) is 1. The molecule has 4 nitrogen and oxygen atoms in total. The van der Waals surface area contributed by atoms with Gasteiger partial charge >= 0.3 is 5.97 Å². The van der Waals surface area contributed by atoms with Crippen molar-refractivity contribution in [3.63, 3.8) is 0 Å². The molecule has 1 heterocycles. The molecule has 0 aromatic heterocycles. The van der Waals surface area contributed by atoms with Crippen LogP contribution in [0.15, 0.2) is 30.3 Å². The lowest BCUT2D eigenvalue weighted by atomic mass is 10.1. The van der Waals surface area contributed by atoms with Crippen molar-refractivity contribution < 1.29 is 9.53 Å². The molecule has 0 amide bonds. The lowest BCUT2D eigenvalue weighted by molar-refractivity contribution is -0.150. The fourth-order valence-corrected chi connectivity index (χ4v) is 2.02. The molecule has 120 valence electrons. The quantitative estimate of drug-likeness (QED) is 0.871. The molecule has 4 heteroatoms. The highest BCUT2D eigenvalue weighted by Crippen LogP contribution is 2.16. The van der Waals surface area contributed by atoms with Gasteiger partial charge in [-0.05, 0) is 19.0 Å². The standard InChI is InChI=1S/C13H18N2O2.2C2H6/c1-15-8-7-11(9-15)17-13(16)12(14)10-5-3-2-4-6-10;2*1-2/h2-6,11-12H,7-9,14H2,1H3;2*1-2H3. The Morgan fingerprint density at radius 1 is 1.24 bits per heavy atom. The Bertz CT molecular complexity index is 382. The number of likely N-dealkylation sites (N-methyl/N-ethyl adjacent to an activating group) is 1. The van der Waals surface area contributed by atoms with Crippen molar-refractivity contribution in [2.45, 2.75) is 46.3 Å². The number of hydrogen-bond donors (Lipinski definition) is 1. The van der Waals surface area contributed by atoms with Crippen molar-refractivity contribution in [2.75, 3.05) is 20.1 Å². The number of carbonyl (C=O) groups is 1. The Morgan fingerprint density at radius 2 is 1.81 bits per heavy atom. The molecule has 0 radical (unpaired) electrons. The van der Waals surface area contributed by atoms with Gasteiger partial charge in [0.1, 0.15) is 12.1 Å². The Kier molecular flexibility index (Phi) is 10.5. The van der Waals surface area contributed by atoms with Crippen LogP contribution in [0.2, 0.25) is 0 Å². The first-order valence-electron chi connectivity index (χ1n) is 7.86. The monoisotopic (exact) mass is 294 g/mol. The number of likely N-dealkylation sites (tertiary alicyclic amines) is 1. The van der Waals surface area contributed by atoms with E-state index < -0.39 is 6.04 Å². The maximum absolute atomic E-state index is 11.8. The van der Waals surface area contributed by atoms with E-state index in [1.165, 1.54) is 0 Å². The van der Waals surface area contributed by atoms with E-state index in [4.69, 9.17) is 10.5 Å². The van der Waals surface area contributed by atoms with Gasteiger partial charge in [-0.15, -0.1) is 0 Å². The van der Waals surface area contributed by atoms with Crippen molar-refractivity contribution in [2.24, 2.45) is 5.73 Å². The van der Waals surface area contributed by atoms with Crippen LogP contribution >= 0.6 is 0 Å². The molecule has 1 aromatic carbocycles. The molecule has 2 atom stereocenters. The predicted molar refractivity (Wildman–Crippen MR) is 88.1 cm³/mol. The van der Waals surface area contributed by atoms with Gasteiger partial charge in [-0.1, -0.05) is 58.0 Å². The molecule has 2 N–H and O–H groups in total. The zero-order valence-electron chi connectivity index (χ0n) is 14.0. The van der Waals surface area contributed by atoms with E-state index in [2.05, 4.69) is 4.90 Å². The summed E-state index contributed by atoms with van der Waals surface area (Å²) < 4.78 is 5.39. The van der Waals surface area contributed by atoms with Crippen LogP contribution in [0.4, 0.5) is 0 Å². The summed E-state index contributed by atoms with van der Waals surface area (Å²) in [6, 6.07) is 8.63. The van der Waals surface area contributed by atoms with Crippen LogP contribution in [-0.2, 0) is 9.53 Å². The Hall–Kier alpha value is -1.39. The second-order valence-electron chi connectivity index (χ2n) is 4.50. The second kappa shape index (κ2) is 11.3. The minimum absolute atomic E-state index is 0.0118. The van der Waals surface area contributed by atoms with Gasteiger partial charge in [0.2, 0.25) is 0 Å². The minimum atomic E-state index is -0.679. The molecule has 1 fully saturated rings. The molecular formula is C17H30N2O2. The third kappa shape index (κ3) is 6.74. The van der Waals surface area contributed by atoms with E-state index in [-0.39, 0.29) is 12.1 Å². The summed E-state index contributed by atoms with van der Waals surface area (Å²) in [5.74, 6) is -0.337. The topological polar surface area (TPSA) is 55.6 Å². The number of nitrogens with zero attached hydrogens (tertiary/aromatic N) is 1. The zero-order valence-corrected chi connectivity index (χ0v) is 14.0. The Morgan fingerprint density at radius 3 is 2.29 bits per heavy atom. The van der Waals surface area contributed by atoms with E-state index >= 15 is 0 Å². The van der Waals surface area contributed by atoms with Crippen LogP contribution in [0.25, 0.3) is 0 Å². The van der Waals surface area contributed by atoms with E-state index in [0.29, 0.717) is 0 Å². The molecule has 0 saturated carbocycles. The highest BCUT2D eigenvalue weighted by atomic mass is 16.5. The molecule has 0 aliphatic carbocycles. The van der Waals surface area contributed by atoms with Crippen LogP contribution in [0.5, 0.6) is 0 Å².